The molecule has 0 aliphatic carbocycles. The number of rotatable bonds is 2. The average molecular weight is 253 g/mol. The molecular weight excluding hydrogens is 244 g/mol. The van der Waals surface area contributed by atoms with E-state index in [0.717, 1.165) is 6.42 Å². The minimum absolute atomic E-state index is 1.06. The van der Waals surface area contributed by atoms with Crippen LogP contribution in [0.1, 0.15) is 19.8 Å². The molecule has 0 aromatic carbocycles. The second-order valence-corrected chi connectivity index (χ2v) is 3.81. The molecule has 0 heterocycles. The summed E-state index contributed by atoms with van der Waals surface area (Å²) >= 11 is 1.61. The Balaban J connectivity index is 2.83. The summed E-state index contributed by atoms with van der Waals surface area (Å²) in [4.78, 5) is 0. The van der Waals surface area contributed by atoms with E-state index in [1.54, 1.807) is 23.3 Å². The first-order valence-corrected chi connectivity index (χ1v) is 3.52. The summed E-state index contributed by atoms with van der Waals surface area (Å²) in [7, 11) is 0. The molecule has 0 N–H and O–H groups in total. The van der Waals surface area contributed by atoms with Crippen molar-refractivity contribution in [1.29, 1.82) is 0 Å². The SMILES string of the molecule is [CH2-]CC[C](C)=[W]. The van der Waals surface area contributed by atoms with Gasteiger partial charge in [0.25, 0.3) is 0 Å². The summed E-state index contributed by atoms with van der Waals surface area (Å²) in [5, 5.41) is 0. The first kappa shape index (κ1) is 6.56. The van der Waals surface area contributed by atoms with Crippen LogP contribution in [-0.2, 0) is 19.4 Å². The number of hydrogen-bond acceptors (Lipinski definition) is 0. The monoisotopic (exact) mass is 253 g/mol. The minimum atomic E-state index is 1.06. The van der Waals surface area contributed by atoms with Gasteiger partial charge in [-0.15, -0.1) is 0 Å². The molecule has 1 heteroatoms. The van der Waals surface area contributed by atoms with Gasteiger partial charge in [-0.2, -0.15) is 0 Å². The van der Waals surface area contributed by atoms with Gasteiger partial charge < -0.3 is 0 Å². The molecule has 0 atom stereocenters. The Hall–Kier alpha value is 0.558. The van der Waals surface area contributed by atoms with Gasteiger partial charge in [0.05, 0.1) is 0 Å². The Morgan fingerprint density at radius 2 is 2.33 bits per heavy atom. The van der Waals surface area contributed by atoms with Gasteiger partial charge in [0, 0.05) is 0 Å². The molecule has 6 heavy (non-hydrogen) atoms. The maximum absolute atomic E-state index is 3.72. The Kier molecular flexibility index (Phi) is 4.09. The second kappa shape index (κ2) is 3.74. The Morgan fingerprint density at radius 1 is 1.83 bits per heavy atom. The molecule has 0 unspecified atom stereocenters. The van der Waals surface area contributed by atoms with Gasteiger partial charge >= 0.3 is 49.9 Å². The molecule has 0 radical (unpaired) electrons. The van der Waals surface area contributed by atoms with Crippen LogP contribution in [-0.4, -0.2) is 3.90 Å². The van der Waals surface area contributed by atoms with Crippen molar-refractivity contribution in [3.05, 3.63) is 6.92 Å². The predicted molar refractivity (Wildman–Crippen MR) is 25.3 cm³/mol. The van der Waals surface area contributed by atoms with Crippen LogP contribution in [0.3, 0.4) is 0 Å². The van der Waals surface area contributed by atoms with Crippen molar-refractivity contribution in [3.8, 4) is 0 Å². The third-order valence-electron chi connectivity index (χ3n) is 0.529. The quantitative estimate of drug-likeness (QED) is 0.651. The van der Waals surface area contributed by atoms with Crippen LogP contribution in [0.4, 0.5) is 0 Å². The van der Waals surface area contributed by atoms with E-state index in [1.807, 2.05) is 0 Å². The molecule has 0 fully saturated rings. The second-order valence-electron chi connectivity index (χ2n) is 1.31. The van der Waals surface area contributed by atoms with Gasteiger partial charge in [0.2, 0.25) is 0 Å². The molecule has 0 aromatic heterocycles. The Labute approximate surface area is 50.4 Å². The molecule has 0 saturated carbocycles. The summed E-state index contributed by atoms with van der Waals surface area (Å²) in [6, 6.07) is 0. The van der Waals surface area contributed by atoms with Crippen LogP contribution < -0.4 is 0 Å². The van der Waals surface area contributed by atoms with Crippen LogP contribution in [0.25, 0.3) is 0 Å². The van der Waals surface area contributed by atoms with Crippen molar-refractivity contribution in [2.24, 2.45) is 0 Å². The van der Waals surface area contributed by atoms with Crippen molar-refractivity contribution in [1.82, 2.24) is 0 Å². The first-order chi connectivity index (χ1) is 2.77. The van der Waals surface area contributed by atoms with E-state index < -0.39 is 0 Å². The zero-order valence-corrected chi connectivity index (χ0v) is 6.96. The van der Waals surface area contributed by atoms with Crippen molar-refractivity contribution >= 4 is 3.90 Å². The molecule has 0 amide bonds. The van der Waals surface area contributed by atoms with Crippen LogP contribution in [0.2, 0.25) is 0 Å². The molecule has 36 valence electrons. The molecule has 0 aliphatic rings. The van der Waals surface area contributed by atoms with Crippen molar-refractivity contribution in [2.75, 3.05) is 0 Å². The fourth-order valence-electron chi connectivity index (χ4n) is 0.249. The Morgan fingerprint density at radius 3 is 2.33 bits per heavy atom. The van der Waals surface area contributed by atoms with Gasteiger partial charge in [0.1, 0.15) is 0 Å². The van der Waals surface area contributed by atoms with E-state index >= 15 is 0 Å². The average Bonchev–Trinajstić information content (AvgIpc) is 1.35. The molecule has 0 bridgehead atoms. The molecule has 0 spiro atoms. The van der Waals surface area contributed by atoms with E-state index in [2.05, 4.69) is 13.8 Å². The van der Waals surface area contributed by atoms with E-state index in [-0.39, 0.29) is 0 Å². The summed E-state index contributed by atoms with van der Waals surface area (Å²) in [6.07, 6.45) is 2.28. The van der Waals surface area contributed by atoms with E-state index in [1.165, 1.54) is 6.42 Å². The van der Waals surface area contributed by atoms with Crippen molar-refractivity contribution in [2.45, 2.75) is 19.8 Å². The third kappa shape index (κ3) is 4.56. The normalized spacial score (nSPS) is 8.33. The molecule has 0 aromatic rings. The topological polar surface area (TPSA) is 0 Å². The zero-order valence-electron chi connectivity index (χ0n) is 4.03. The van der Waals surface area contributed by atoms with Gasteiger partial charge in [-0.1, -0.05) is 0 Å². The first-order valence-electron chi connectivity index (χ1n) is 2.06. The van der Waals surface area contributed by atoms with Crippen LogP contribution >= 0.6 is 0 Å². The zero-order chi connectivity index (χ0) is 4.99. The fourth-order valence-corrected chi connectivity index (χ4v) is 0.768. The van der Waals surface area contributed by atoms with Crippen molar-refractivity contribution in [3.63, 3.8) is 0 Å². The standard InChI is InChI=1S/C5H9.W/c1-3-5-4-2;/h1,3,5H2,2H3;/q-1;. The van der Waals surface area contributed by atoms with Crippen LogP contribution in [0.15, 0.2) is 0 Å². The van der Waals surface area contributed by atoms with Crippen LogP contribution in [0, 0.1) is 6.92 Å². The third-order valence-corrected chi connectivity index (χ3v) is 1.26. The van der Waals surface area contributed by atoms with Crippen LogP contribution in [0.5, 0.6) is 0 Å². The van der Waals surface area contributed by atoms with Gasteiger partial charge in [-0.3, -0.25) is 0 Å². The van der Waals surface area contributed by atoms with E-state index in [0.29, 0.717) is 0 Å². The summed E-state index contributed by atoms with van der Waals surface area (Å²) < 4.78 is 1.56. The maximum atomic E-state index is 3.72. The summed E-state index contributed by atoms with van der Waals surface area (Å²) in [5.74, 6) is 0. The summed E-state index contributed by atoms with van der Waals surface area (Å²) in [5.41, 5.74) is 0. The summed E-state index contributed by atoms with van der Waals surface area (Å²) in [6.45, 7) is 5.89. The molecular formula is C5H9W-. The van der Waals surface area contributed by atoms with Crippen molar-refractivity contribution < 1.29 is 19.4 Å². The Bertz CT molecular complexity index is 47.9. The predicted octanol–water partition coefficient (Wildman–Crippen LogP) is 1.34. The number of hydrogen-bond donors (Lipinski definition) is 0. The van der Waals surface area contributed by atoms with Gasteiger partial charge in [-0.25, -0.2) is 0 Å². The van der Waals surface area contributed by atoms with E-state index in [4.69, 9.17) is 0 Å². The van der Waals surface area contributed by atoms with E-state index in [9.17, 15) is 0 Å². The molecule has 0 saturated heterocycles. The fraction of sp³-hybridized carbons (Fsp3) is 0.600. The molecule has 0 nitrogen and oxygen atoms in total. The molecule has 0 rings (SSSR count). The molecule has 0 aliphatic heterocycles. The van der Waals surface area contributed by atoms with Gasteiger partial charge in [-0.05, 0) is 0 Å². The van der Waals surface area contributed by atoms with Gasteiger partial charge in [0.15, 0.2) is 0 Å².